The zero-order valence-electron chi connectivity index (χ0n) is 11.5. The summed E-state index contributed by atoms with van der Waals surface area (Å²) in [4.78, 5) is 36.1. The highest BCUT2D eigenvalue weighted by Crippen LogP contribution is 2.32. The maximum absolute atomic E-state index is 12.1. The second kappa shape index (κ2) is 5.08. The maximum Gasteiger partial charge on any atom is 0.411 e. The predicted octanol–water partition coefficient (Wildman–Crippen LogP) is 1.93. The number of rotatable bonds is 3. The molecule has 1 unspecified atom stereocenters. The van der Waals surface area contributed by atoms with Crippen molar-refractivity contribution in [3.8, 4) is 0 Å². The summed E-state index contributed by atoms with van der Waals surface area (Å²) in [6.07, 6.45) is 1.50. The smallest absolute Gasteiger partial charge is 0.411 e. The molecule has 5 nitrogen and oxygen atoms in total. The van der Waals surface area contributed by atoms with Crippen molar-refractivity contribution in [1.82, 2.24) is 4.90 Å². The molecule has 1 saturated heterocycles. The van der Waals surface area contributed by atoms with Crippen LogP contribution in [0.3, 0.4) is 0 Å². The van der Waals surface area contributed by atoms with Gasteiger partial charge in [0.2, 0.25) is 0 Å². The van der Waals surface area contributed by atoms with E-state index in [1.54, 1.807) is 20.8 Å². The van der Waals surface area contributed by atoms with E-state index in [1.165, 1.54) is 11.8 Å². The number of ketones is 1. The highest BCUT2D eigenvalue weighted by Gasteiger charge is 2.46. The molecule has 5 heteroatoms. The number of Topliss-reactive ketones (excluding diaryl/α,β-unsaturated/α-hetero) is 1. The van der Waals surface area contributed by atoms with E-state index in [9.17, 15) is 14.4 Å². The number of carbonyl (C=O) groups is 3. The summed E-state index contributed by atoms with van der Waals surface area (Å²) < 4.78 is 5.28. The number of carbonyl (C=O) groups excluding carboxylic acids is 3. The van der Waals surface area contributed by atoms with Crippen LogP contribution in [0.5, 0.6) is 0 Å². The molecule has 0 radical (unpaired) electrons. The molecule has 18 heavy (non-hydrogen) atoms. The molecule has 0 aromatic heterocycles. The SMILES string of the molecule is CC(=O)CC1(C=O)CCCN1C(=O)OC(C)(C)C. The fourth-order valence-corrected chi connectivity index (χ4v) is 2.27. The van der Waals surface area contributed by atoms with E-state index < -0.39 is 17.2 Å². The van der Waals surface area contributed by atoms with Gasteiger partial charge in [-0.2, -0.15) is 0 Å². The molecule has 0 aliphatic carbocycles. The van der Waals surface area contributed by atoms with Crippen LogP contribution in [0.4, 0.5) is 4.79 Å². The molecule has 0 aromatic carbocycles. The van der Waals surface area contributed by atoms with Gasteiger partial charge < -0.3 is 9.53 Å². The number of hydrogen-bond donors (Lipinski definition) is 0. The number of likely N-dealkylation sites (tertiary alicyclic amines) is 1. The largest absolute Gasteiger partial charge is 0.444 e. The molecule has 0 saturated carbocycles. The number of aldehydes is 1. The first-order chi connectivity index (χ1) is 8.20. The molecule has 1 heterocycles. The Balaban J connectivity index is 2.89. The van der Waals surface area contributed by atoms with Crippen molar-refractivity contribution in [3.63, 3.8) is 0 Å². The van der Waals surface area contributed by atoms with E-state index in [4.69, 9.17) is 4.74 Å². The Morgan fingerprint density at radius 3 is 2.44 bits per heavy atom. The van der Waals surface area contributed by atoms with Crippen molar-refractivity contribution in [3.05, 3.63) is 0 Å². The second-order valence-electron chi connectivity index (χ2n) is 5.84. The van der Waals surface area contributed by atoms with Gasteiger partial charge in [0.05, 0.1) is 0 Å². The van der Waals surface area contributed by atoms with Gasteiger partial charge in [0.1, 0.15) is 23.2 Å². The molecule has 1 rings (SSSR count). The molecule has 0 spiro atoms. The van der Waals surface area contributed by atoms with E-state index in [2.05, 4.69) is 0 Å². The van der Waals surface area contributed by atoms with Crippen LogP contribution >= 0.6 is 0 Å². The van der Waals surface area contributed by atoms with Gasteiger partial charge in [-0.25, -0.2) is 4.79 Å². The third-order valence-electron chi connectivity index (χ3n) is 2.92. The molecule has 1 aliphatic rings. The molecule has 1 fully saturated rings. The highest BCUT2D eigenvalue weighted by molar-refractivity contribution is 5.86. The van der Waals surface area contributed by atoms with E-state index in [0.29, 0.717) is 25.7 Å². The third-order valence-corrected chi connectivity index (χ3v) is 2.92. The first kappa shape index (κ1) is 14.7. The van der Waals surface area contributed by atoms with Crippen LogP contribution in [0.15, 0.2) is 0 Å². The van der Waals surface area contributed by atoms with E-state index in [-0.39, 0.29) is 12.2 Å². The Bertz CT molecular complexity index is 358. The molecule has 1 atom stereocenters. The lowest BCUT2D eigenvalue weighted by Crippen LogP contribution is -2.51. The van der Waals surface area contributed by atoms with Crippen molar-refractivity contribution >= 4 is 18.2 Å². The van der Waals surface area contributed by atoms with E-state index in [0.717, 1.165) is 0 Å². The van der Waals surface area contributed by atoms with Crippen LogP contribution in [0.25, 0.3) is 0 Å². The zero-order valence-corrected chi connectivity index (χ0v) is 11.5. The van der Waals surface area contributed by atoms with Gasteiger partial charge >= 0.3 is 6.09 Å². The Morgan fingerprint density at radius 1 is 1.39 bits per heavy atom. The van der Waals surface area contributed by atoms with Crippen molar-refractivity contribution in [2.24, 2.45) is 0 Å². The van der Waals surface area contributed by atoms with Crippen molar-refractivity contribution < 1.29 is 19.1 Å². The van der Waals surface area contributed by atoms with Crippen LogP contribution in [-0.2, 0) is 14.3 Å². The molecular weight excluding hydrogens is 234 g/mol. The Labute approximate surface area is 107 Å². The standard InChI is InChI=1S/C13H21NO4/c1-10(16)8-13(9-15)6-5-7-14(13)11(17)18-12(2,3)4/h9H,5-8H2,1-4H3. The summed E-state index contributed by atoms with van der Waals surface area (Å²) in [5, 5.41) is 0. The summed E-state index contributed by atoms with van der Waals surface area (Å²) in [6.45, 7) is 7.20. The van der Waals surface area contributed by atoms with Gasteiger partial charge in [0, 0.05) is 13.0 Å². The average Bonchev–Trinajstić information content (AvgIpc) is 2.58. The molecular formula is C13H21NO4. The number of amides is 1. The Morgan fingerprint density at radius 2 is 2.00 bits per heavy atom. The fraction of sp³-hybridized carbons (Fsp3) is 0.769. The summed E-state index contributed by atoms with van der Waals surface area (Å²) in [6, 6.07) is 0. The van der Waals surface area contributed by atoms with Gasteiger partial charge in [-0.05, 0) is 40.5 Å². The lowest BCUT2D eigenvalue weighted by Gasteiger charge is -2.34. The summed E-state index contributed by atoms with van der Waals surface area (Å²) in [5.74, 6) is -0.0995. The maximum atomic E-state index is 12.1. The normalized spacial score (nSPS) is 23.9. The van der Waals surface area contributed by atoms with Crippen molar-refractivity contribution in [1.29, 1.82) is 0 Å². The van der Waals surface area contributed by atoms with Crippen molar-refractivity contribution in [2.75, 3.05) is 6.54 Å². The van der Waals surface area contributed by atoms with Gasteiger partial charge in [0.15, 0.2) is 0 Å². The van der Waals surface area contributed by atoms with Crippen molar-refractivity contribution in [2.45, 2.75) is 58.1 Å². The molecule has 102 valence electrons. The third kappa shape index (κ3) is 3.31. The average molecular weight is 255 g/mol. The van der Waals surface area contributed by atoms with Crippen LogP contribution in [0.2, 0.25) is 0 Å². The quantitative estimate of drug-likeness (QED) is 0.723. The molecule has 0 aromatic rings. The number of nitrogens with zero attached hydrogens (tertiary/aromatic N) is 1. The zero-order chi connectivity index (χ0) is 14.0. The van der Waals surface area contributed by atoms with Gasteiger partial charge in [0.25, 0.3) is 0 Å². The van der Waals surface area contributed by atoms with E-state index in [1.807, 2.05) is 0 Å². The topological polar surface area (TPSA) is 63.7 Å². The minimum Gasteiger partial charge on any atom is -0.444 e. The van der Waals surface area contributed by atoms with Gasteiger partial charge in [-0.3, -0.25) is 9.69 Å². The lowest BCUT2D eigenvalue weighted by atomic mass is 9.92. The number of hydrogen-bond acceptors (Lipinski definition) is 4. The minimum absolute atomic E-state index is 0.0652. The predicted molar refractivity (Wildman–Crippen MR) is 66.3 cm³/mol. The van der Waals surface area contributed by atoms with Crippen LogP contribution in [0.1, 0.15) is 47.0 Å². The monoisotopic (exact) mass is 255 g/mol. The van der Waals surface area contributed by atoms with Crippen LogP contribution in [0, 0.1) is 0 Å². The Hall–Kier alpha value is -1.39. The molecule has 1 amide bonds. The summed E-state index contributed by atoms with van der Waals surface area (Å²) in [7, 11) is 0. The highest BCUT2D eigenvalue weighted by atomic mass is 16.6. The first-order valence-corrected chi connectivity index (χ1v) is 6.16. The van der Waals surface area contributed by atoms with Gasteiger partial charge in [-0.15, -0.1) is 0 Å². The van der Waals surface area contributed by atoms with E-state index >= 15 is 0 Å². The Kier molecular flexibility index (Phi) is 4.14. The minimum atomic E-state index is -1.01. The molecule has 0 N–H and O–H groups in total. The summed E-state index contributed by atoms with van der Waals surface area (Å²) in [5.41, 5.74) is -1.61. The first-order valence-electron chi connectivity index (χ1n) is 6.16. The molecule has 1 aliphatic heterocycles. The fourth-order valence-electron chi connectivity index (χ4n) is 2.27. The summed E-state index contributed by atoms with van der Waals surface area (Å²) >= 11 is 0. The number of ether oxygens (including phenoxy) is 1. The van der Waals surface area contributed by atoms with Gasteiger partial charge in [-0.1, -0.05) is 0 Å². The second-order valence-corrected chi connectivity index (χ2v) is 5.84. The van der Waals surface area contributed by atoms with Crippen LogP contribution < -0.4 is 0 Å². The lowest BCUT2D eigenvalue weighted by molar-refractivity contribution is -0.125. The molecule has 0 bridgehead atoms. The van der Waals surface area contributed by atoms with Crippen LogP contribution in [-0.4, -0.2) is 40.7 Å².